The molecule has 2 aromatic carbocycles. The number of fused-ring (bicyclic) bond motifs is 1. The Morgan fingerprint density at radius 2 is 1.61 bits per heavy atom. The van der Waals surface area contributed by atoms with Gasteiger partial charge in [0.25, 0.3) is 11.8 Å². The van der Waals surface area contributed by atoms with Gasteiger partial charge in [-0.25, -0.2) is 4.79 Å². The van der Waals surface area contributed by atoms with E-state index in [9.17, 15) is 14.4 Å². The van der Waals surface area contributed by atoms with Crippen molar-refractivity contribution in [2.75, 3.05) is 7.11 Å². The molecule has 1 aliphatic rings. The molecule has 23 heavy (non-hydrogen) atoms. The van der Waals surface area contributed by atoms with E-state index < -0.39 is 17.8 Å². The summed E-state index contributed by atoms with van der Waals surface area (Å²) in [6.07, 6.45) is 1.68. The highest BCUT2D eigenvalue weighted by molar-refractivity contribution is 6.33. The summed E-state index contributed by atoms with van der Waals surface area (Å²) in [5.41, 5.74) is 2.64. The molecule has 2 aromatic rings. The molecule has 0 bridgehead atoms. The zero-order valence-electron chi connectivity index (χ0n) is 12.3. The zero-order valence-corrected chi connectivity index (χ0v) is 12.3. The lowest BCUT2D eigenvalue weighted by atomic mass is 9.93. The standard InChI is InChI=1S/C18H13NO4/c1-23-18(22)12-8-6-11(7-9-12)10-15-13-4-2-3-5-14(13)16(20)19-17(15)21/h2-10H,1H3,(H,19,20,21)/b15-10+. The van der Waals surface area contributed by atoms with Crippen molar-refractivity contribution in [1.29, 1.82) is 0 Å². The summed E-state index contributed by atoms with van der Waals surface area (Å²) in [6, 6.07) is 13.6. The minimum atomic E-state index is -0.439. The van der Waals surface area contributed by atoms with Crippen LogP contribution in [-0.2, 0) is 9.53 Å². The van der Waals surface area contributed by atoms with Crippen molar-refractivity contribution < 1.29 is 19.1 Å². The molecule has 5 nitrogen and oxygen atoms in total. The van der Waals surface area contributed by atoms with Crippen LogP contribution in [-0.4, -0.2) is 24.9 Å². The van der Waals surface area contributed by atoms with E-state index in [2.05, 4.69) is 10.1 Å². The summed E-state index contributed by atoms with van der Waals surface area (Å²) in [4.78, 5) is 35.4. The van der Waals surface area contributed by atoms with Crippen LogP contribution in [0.2, 0.25) is 0 Å². The maximum Gasteiger partial charge on any atom is 0.337 e. The third-order valence-corrected chi connectivity index (χ3v) is 3.58. The number of hydrogen-bond acceptors (Lipinski definition) is 4. The van der Waals surface area contributed by atoms with Gasteiger partial charge in [-0.1, -0.05) is 30.3 Å². The van der Waals surface area contributed by atoms with E-state index in [1.54, 1.807) is 54.6 Å². The molecule has 3 rings (SSSR count). The smallest absolute Gasteiger partial charge is 0.337 e. The monoisotopic (exact) mass is 307 g/mol. The Balaban J connectivity index is 2.02. The highest BCUT2D eigenvalue weighted by atomic mass is 16.5. The molecule has 2 amide bonds. The Hall–Kier alpha value is -3.21. The summed E-state index contributed by atoms with van der Waals surface area (Å²) >= 11 is 0. The van der Waals surface area contributed by atoms with Gasteiger partial charge in [-0.2, -0.15) is 0 Å². The second-order valence-electron chi connectivity index (χ2n) is 5.00. The van der Waals surface area contributed by atoms with E-state index in [0.29, 0.717) is 22.3 Å². The number of rotatable bonds is 2. The number of carbonyl (C=O) groups is 3. The third kappa shape index (κ3) is 2.76. The molecule has 0 spiro atoms. The SMILES string of the molecule is COC(=O)c1ccc(/C=C2/C(=O)NC(=O)c3ccccc32)cc1. The van der Waals surface area contributed by atoms with Crippen molar-refractivity contribution in [3.8, 4) is 0 Å². The van der Waals surface area contributed by atoms with E-state index in [-0.39, 0.29) is 0 Å². The molecule has 0 aliphatic carbocycles. The number of imide groups is 1. The first-order valence-corrected chi connectivity index (χ1v) is 6.95. The van der Waals surface area contributed by atoms with Crippen LogP contribution in [0.25, 0.3) is 11.6 Å². The highest BCUT2D eigenvalue weighted by Gasteiger charge is 2.26. The summed E-state index contributed by atoms with van der Waals surface area (Å²) in [7, 11) is 1.32. The second kappa shape index (κ2) is 5.88. The number of hydrogen-bond donors (Lipinski definition) is 1. The maximum absolute atomic E-state index is 12.1. The number of benzene rings is 2. The topological polar surface area (TPSA) is 72.5 Å². The van der Waals surface area contributed by atoms with Gasteiger partial charge in [0.1, 0.15) is 0 Å². The lowest BCUT2D eigenvalue weighted by Gasteiger charge is -2.18. The summed E-state index contributed by atoms with van der Waals surface area (Å²) in [6.45, 7) is 0. The van der Waals surface area contributed by atoms with Crippen LogP contribution in [0.5, 0.6) is 0 Å². The number of ether oxygens (including phenoxy) is 1. The average molecular weight is 307 g/mol. The number of nitrogens with one attached hydrogen (secondary N) is 1. The largest absolute Gasteiger partial charge is 0.465 e. The van der Waals surface area contributed by atoms with Crippen LogP contribution in [0.4, 0.5) is 0 Å². The first-order valence-electron chi connectivity index (χ1n) is 6.95. The first-order chi connectivity index (χ1) is 11.1. The van der Waals surface area contributed by atoms with Gasteiger partial charge in [0, 0.05) is 11.1 Å². The molecule has 1 aliphatic heterocycles. The maximum atomic E-state index is 12.1. The van der Waals surface area contributed by atoms with Crippen molar-refractivity contribution >= 4 is 29.4 Å². The Morgan fingerprint density at radius 1 is 0.957 bits per heavy atom. The Morgan fingerprint density at radius 3 is 2.26 bits per heavy atom. The molecule has 1 N–H and O–H groups in total. The van der Waals surface area contributed by atoms with E-state index in [1.807, 2.05) is 0 Å². The molecule has 5 heteroatoms. The molecular formula is C18H13NO4. The predicted molar refractivity (Wildman–Crippen MR) is 84.6 cm³/mol. The number of esters is 1. The Labute approximate surface area is 132 Å². The minimum Gasteiger partial charge on any atom is -0.465 e. The van der Waals surface area contributed by atoms with Crippen molar-refractivity contribution in [3.05, 3.63) is 70.8 Å². The molecule has 0 fully saturated rings. The lowest BCUT2D eigenvalue weighted by Crippen LogP contribution is -2.36. The molecule has 0 saturated carbocycles. The van der Waals surface area contributed by atoms with Gasteiger partial charge in [0.05, 0.1) is 12.7 Å². The summed E-state index contributed by atoms with van der Waals surface area (Å²) in [5.74, 6) is -1.26. The second-order valence-corrected chi connectivity index (χ2v) is 5.00. The predicted octanol–water partition coefficient (Wildman–Crippen LogP) is 2.28. The van der Waals surface area contributed by atoms with Crippen LogP contribution in [0.15, 0.2) is 48.5 Å². The first kappa shape index (κ1) is 14.7. The van der Waals surface area contributed by atoms with Crippen LogP contribution in [0.3, 0.4) is 0 Å². The fourth-order valence-corrected chi connectivity index (χ4v) is 2.42. The molecule has 0 aromatic heterocycles. The average Bonchev–Trinajstić information content (AvgIpc) is 2.58. The minimum absolute atomic E-state index is 0.399. The molecule has 0 atom stereocenters. The molecule has 1 heterocycles. The van der Waals surface area contributed by atoms with E-state index >= 15 is 0 Å². The molecular weight excluding hydrogens is 294 g/mol. The van der Waals surface area contributed by atoms with Crippen LogP contribution >= 0.6 is 0 Å². The number of carbonyl (C=O) groups excluding carboxylic acids is 3. The molecule has 0 radical (unpaired) electrons. The van der Waals surface area contributed by atoms with Crippen LogP contribution in [0.1, 0.15) is 31.8 Å². The van der Waals surface area contributed by atoms with Gasteiger partial charge in [-0.15, -0.1) is 0 Å². The van der Waals surface area contributed by atoms with Gasteiger partial charge < -0.3 is 4.74 Å². The Bertz CT molecular complexity index is 834. The zero-order chi connectivity index (χ0) is 16.4. The summed E-state index contributed by atoms with van der Waals surface area (Å²) in [5, 5.41) is 2.32. The molecule has 0 saturated heterocycles. The fraction of sp³-hybridized carbons (Fsp3) is 0.0556. The van der Waals surface area contributed by atoms with E-state index in [1.165, 1.54) is 7.11 Å². The van der Waals surface area contributed by atoms with Gasteiger partial charge in [0.15, 0.2) is 0 Å². The van der Waals surface area contributed by atoms with E-state index in [0.717, 1.165) is 5.56 Å². The van der Waals surface area contributed by atoms with Gasteiger partial charge >= 0.3 is 5.97 Å². The van der Waals surface area contributed by atoms with Crippen molar-refractivity contribution in [3.63, 3.8) is 0 Å². The molecule has 114 valence electrons. The van der Waals surface area contributed by atoms with Crippen molar-refractivity contribution in [2.24, 2.45) is 0 Å². The third-order valence-electron chi connectivity index (χ3n) is 3.58. The van der Waals surface area contributed by atoms with Gasteiger partial charge in [-0.05, 0) is 35.4 Å². The fourth-order valence-electron chi connectivity index (χ4n) is 2.42. The highest BCUT2D eigenvalue weighted by Crippen LogP contribution is 2.26. The van der Waals surface area contributed by atoms with Gasteiger partial charge in [-0.3, -0.25) is 14.9 Å². The quantitative estimate of drug-likeness (QED) is 0.525. The number of amides is 2. The lowest BCUT2D eigenvalue weighted by molar-refractivity contribution is -0.114. The number of methoxy groups -OCH3 is 1. The van der Waals surface area contributed by atoms with Gasteiger partial charge in [0.2, 0.25) is 0 Å². The van der Waals surface area contributed by atoms with Crippen LogP contribution in [0, 0.1) is 0 Å². The van der Waals surface area contributed by atoms with Crippen molar-refractivity contribution in [1.82, 2.24) is 5.32 Å². The van der Waals surface area contributed by atoms with Crippen LogP contribution < -0.4 is 5.32 Å². The van der Waals surface area contributed by atoms with Crippen molar-refractivity contribution in [2.45, 2.75) is 0 Å². The van der Waals surface area contributed by atoms with E-state index in [4.69, 9.17) is 0 Å². The molecule has 0 unspecified atom stereocenters. The summed E-state index contributed by atoms with van der Waals surface area (Å²) < 4.78 is 4.65. The normalized spacial score (nSPS) is 15.1. The Kier molecular flexibility index (Phi) is 3.76.